The Morgan fingerprint density at radius 2 is 1.94 bits per heavy atom. The zero-order chi connectivity index (χ0) is 12.1. The molecule has 0 spiro atoms. The lowest BCUT2D eigenvalue weighted by Gasteiger charge is -2.04. The topological polar surface area (TPSA) is 39.9 Å². The van der Waals surface area contributed by atoms with Crippen molar-refractivity contribution in [1.29, 1.82) is 0 Å². The third-order valence-corrected chi connectivity index (χ3v) is 2.83. The first-order valence-electron chi connectivity index (χ1n) is 5.83. The molecule has 90 valence electrons. The van der Waals surface area contributed by atoms with Crippen molar-refractivity contribution in [3.05, 3.63) is 42.0 Å². The summed E-state index contributed by atoms with van der Waals surface area (Å²) < 4.78 is 7.20. The highest BCUT2D eigenvalue weighted by Crippen LogP contribution is 2.12. The molecule has 4 nitrogen and oxygen atoms in total. The Labute approximate surface area is 101 Å². The van der Waals surface area contributed by atoms with E-state index in [4.69, 9.17) is 4.74 Å². The number of ether oxygens (including phenoxy) is 1. The van der Waals surface area contributed by atoms with Gasteiger partial charge in [-0.2, -0.15) is 0 Å². The van der Waals surface area contributed by atoms with E-state index in [1.807, 2.05) is 12.1 Å². The lowest BCUT2D eigenvalue weighted by atomic mass is 10.1. The van der Waals surface area contributed by atoms with Crippen LogP contribution in [-0.4, -0.2) is 21.9 Å². The maximum absolute atomic E-state index is 5.13. The van der Waals surface area contributed by atoms with Crippen molar-refractivity contribution in [2.75, 3.05) is 7.11 Å². The van der Waals surface area contributed by atoms with Crippen molar-refractivity contribution < 1.29 is 4.74 Å². The number of methoxy groups -OCH3 is 1. The fourth-order valence-electron chi connectivity index (χ4n) is 1.79. The Kier molecular flexibility index (Phi) is 3.75. The van der Waals surface area contributed by atoms with E-state index in [0.29, 0.717) is 0 Å². The van der Waals surface area contributed by atoms with Crippen molar-refractivity contribution in [3.8, 4) is 5.75 Å². The first-order chi connectivity index (χ1) is 8.33. The van der Waals surface area contributed by atoms with Gasteiger partial charge in [0.1, 0.15) is 17.9 Å². The van der Waals surface area contributed by atoms with Crippen LogP contribution in [0.15, 0.2) is 30.6 Å². The molecule has 0 atom stereocenters. The molecule has 2 aromatic rings. The molecule has 0 amide bonds. The molecule has 0 fully saturated rings. The summed E-state index contributed by atoms with van der Waals surface area (Å²) in [6.45, 7) is 3.02. The van der Waals surface area contributed by atoms with E-state index >= 15 is 0 Å². The standard InChI is InChI=1S/C13H17N3O/c1-3-16-10-14-15-13(16)9-6-11-4-7-12(17-2)8-5-11/h4-5,7-8,10H,3,6,9H2,1-2H3. The van der Waals surface area contributed by atoms with E-state index in [1.165, 1.54) is 5.56 Å². The lowest BCUT2D eigenvalue weighted by Crippen LogP contribution is -2.02. The number of nitrogens with zero attached hydrogens (tertiary/aromatic N) is 3. The number of aryl methyl sites for hydroxylation is 3. The molecule has 0 unspecified atom stereocenters. The van der Waals surface area contributed by atoms with Crippen LogP contribution in [-0.2, 0) is 19.4 Å². The van der Waals surface area contributed by atoms with E-state index in [0.717, 1.165) is 31.0 Å². The maximum Gasteiger partial charge on any atom is 0.133 e. The third kappa shape index (κ3) is 2.84. The van der Waals surface area contributed by atoms with E-state index in [1.54, 1.807) is 13.4 Å². The number of benzene rings is 1. The Balaban J connectivity index is 1.97. The molecule has 1 aromatic carbocycles. The Hall–Kier alpha value is -1.84. The average Bonchev–Trinajstić information content (AvgIpc) is 2.84. The van der Waals surface area contributed by atoms with Gasteiger partial charge in [0.2, 0.25) is 0 Å². The minimum Gasteiger partial charge on any atom is -0.497 e. The molecule has 0 N–H and O–H groups in total. The SMILES string of the molecule is CCn1cnnc1CCc1ccc(OC)cc1. The Morgan fingerprint density at radius 1 is 1.18 bits per heavy atom. The van der Waals surface area contributed by atoms with Crippen molar-refractivity contribution in [3.63, 3.8) is 0 Å². The predicted molar refractivity (Wildman–Crippen MR) is 66.1 cm³/mol. The maximum atomic E-state index is 5.13. The van der Waals surface area contributed by atoms with Gasteiger partial charge in [-0.25, -0.2) is 0 Å². The molecular formula is C13H17N3O. The fraction of sp³-hybridized carbons (Fsp3) is 0.385. The second kappa shape index (κ2) is 5.48. The quantitative estimate of drug-likeness (QED) is 0.791. The monoisotopic (exact) mass is 231 g/mol. The van der Waals surface area contributed by atoms with Gasteiger partial charge in [0.05, 0.1) is 7.11 Å². The van der Waals surface area contributed by atoms with Crippen molar-refractivity contribution >= 4 is 0 Å². The highest BCUT2D eigenvalue weighted by molar-refractivity contribution is 5.27. The van der Waals surface area contributed by atoms with E-state index in [-0.39, 0.29) is 0 Å². The molecule has 0 saturated heterocycles. The Bertz CT molecular complexity index is 462. The van der Waals surface area contributed by atoms with Crippen molar-refractivity contribution in [2.45, 2.75) is 26.3 Å². The molecule has 0 radical (unpaired) electrons. The summed E-state index contributed by atoms with van der Waals surface area (Å²) in [5.41, 5.74) is 1.29. The summed E-state index contributed by atoms with van der Waals surface area (Å²) in [5, 5.41) is 8.05. The van der Waals surface area contributed by atoms with Gasteiger partial charge in [-0.05, 0) is 31.0 Å². The number of hydrogen-bond donors (Lipinski definition) is 0. The highest BCUT2D eigenvalue weighted by atomic mass is 16.5. The van der Waals surface area contributed by atoms with Crippen LogP contribution in [0.5, 0.6) is 5.75 Å². The number of aromatic nitrogens is 3. The van der Waals surface area contributed by atoms with Crippen LogP contribution in [0.25, 0.3) is 0 Å². The van der Waals surface area contributed by atoms with Gasteiger partial charge >= 0.3 is 0 Å². The smallest absolute Gasteiger partial charge is 0.133 e. The zero-order valence-electron chi connectivity index (χ0n) is 10.3. The van der Waals surface area contributed by atoms with Crippen LogP contribution in [0.2, 0.25) is 0 Å². The third-order valence-electron chi connectivity index (χ3n) is 2.83. The number of rotatable bonds is 5. The summed E-state index contributed by atoms with van der Waals surface area (Å²) in [6.07, 6.45) is 3.67. The lowest BCUT2D eigenvalue weighted by molar-refractivity contribution is 0.414. The van der Waals surface area contributed by atoms with Crippen LogP contribution < -0.4 is 4.74 Å². The van der Waals surface area contributed by atoms with E-state index in [9.17, 15) is 0 Å². The van der Waals surface area contributed by atoms with Gasteiger partial charge in [0, 0.05) is 13.0 Å². The second-order valence-corrected chi connectivity index (χ2v) is 3.88. The normalized spacial score (nSPS) is 10.5. The fourth-order valence-corrected chi connectivity index (χ4v) is 1.79. The average molecular weight is 231 g/mol. The summed E-state index contributed by atoms with van der Waals surface area (Å²) in [4.78, 5) is 0. The molecule has 4 heteroatoms. The summed E-state index contributed by atoms with van der Waals surface area (Å²) in [7, 11) is 1.68. The van der Waals surface area contributed by atoms with Crippen LogP contribution in [0.1, 0.15) is 18.3 Å². The predicted octanol–water partition coefficient (Wildman–Crippen LogP) is 2.09. The van der Waals surface area contributed by atoms with Gasteiger partial charge in [-0.1, -0.05) is 12.1 Å². The van der Waals surface area contributed by atoms with Crippen molar-refractivity contribution in [1.82, 2.24) is 14.8 Å². The van der Waals surface area contributed by atoms with Crippen LogP contribution in [0.4, 0.5) is 0 Å². The molecule has 1 heterocycles. The van der Waals surface area contributed by atoms with Crippen LogP contribution >= 0.6 is 0 Å². The highest BCUT2D eigenvalue weighted by Gasteiger charge is 2.03. The molecule has 0 saturated carbocycles. The van der Waals surface area contributed by atoms with Gasteiger partial charge in [-0.3, -0.25) is 0 Å². The second-order valence-electron chi connectivity index (χ2n) is 3.88. The Morgan fingerprint density at radius 3 is 2.59 bits per heavy atom. The minimum absolute atomic E-state index is 0.894. The van der Waals surface area contributed by atoms with Gasteiger partial charge < -0.3 is 9.30 Å². The van der Waals surface area contributed by atoms with Gasteiger partial charge in [-0.15, -0.1) is 10.2 Å². The molecular weight excluding hydrogens is 214 g/mol. The molecule has 0 bridgehead atoms. The number of hydrogen-bond acceptors (Lipinski definition) is 3. The molecule has 1 aromatic heterocycles. The van der Waals surface area contributed by atoms with E-state index in [2.05, 4.69) is 33.8 Å². The van der Waals surface area contributed by atoms with Gasteiger partial charge in [0.15, 0.2) is 0 Å². The first kappa shape index (κ1) is 11.6. The van der Waals surface area contributed by atoms with Crippen LogP contribution in [0.3, 0.4) is 0 Å². The molecule has 2 rings (SSSR count). The summed E-state index contributed by atoms with van der Waals surface area (Å²) in [6, 6.07) is 8.15. The minimum atomic E-state index is 0.894. The summed E-state index contributed by atoms with van der Waals surface area (Å²) in [5.74, 6) is 1.94. The summed E-state index contributed by atoms with van der Waals surface area (Å²) >= 11 is 0. The molecule has 0 aliphatic rings. The first-order valence-corrected chi connectivity index (χ1v) is 5.83. The molecule has 0 aliphatic heterocycles. The molecule has 17 heavy (non-hydrogen) atoms. The molecule has 0 aliphatic carbocycles. The van der Waals surface area contributed by atoms with Crippen LogP contribution in [0, 0.1) is 0 Å². The zero-order valence-corrected chi connectivity index (χ0v) is 10.3. The van der Waals surface area contributed by atoms with Gasteiger partial charge in [0.25, 0.3) is 0 Å². The largest absolute Gasteiger partial charge is 0.497 e. The van der Waals surface area contributed by atoms with E-state index < -0.39 is 0 Å². The van der Waals surface area contributed by atoms with Crippen molar-refractivity contribution in [2.24, 2.45) is 0 Å².